The van der Waals surface area contributed by atoms with E-state index in [4.69, 9.17) is 16.3 Å². The number of halogens is 1. The Morgan fingerprint density at radius 1 is 0.939 bits per heavy atom. The van der Waals surface area contributed by atoms with E-state index in [2.05, 4.69) is 12.2 Å². The summed E-state index contributed by atoms with van der Waals surface area (Å²) in [6.07, 6.45) is 1.84. The van der Waals surface area contributed by atoms with Crippen LogP contribution in [0.3, 0.4) is 0 Å². The van der Waals surface area contributed by atoms with Gasteiger partial charge in [0.15, 0.2) is 6.61 Å². The number of ether oxygens (including phenoxy) is 1. The zero-order valence-electron chi connectivity index (χ0n) is 18.7. The van der Waals surface area contributed by atoms with Gasteiger partial charge >= 0.3 is 0 Å². The molecule has 0 saturated heterocycles. The third-order valence-corrected chi connectivity index (χ3v) is 5.52. The molecule has 3 aromatic carbocycles. The minimum atomic E-state index is -0.786. The fourth-order valence-electron chi connectivity index (χ4n) is 3.48. The van der Waals surface area contributed by atoms with Gasteiger partial charge in [0.05, 0.1) is 5.02 Å². The second kappa shape index (κ2) is 12.7. The van der Waals surface area contributed by atoms with E-state index in [9.17, 15) is 9.59 Å². The van der Waals surface area contributed by atoms with Crippen LogP contribution in [0.2, 0.25) is 5.02 Å². The van der Waals surface area contributed by atoms with E-state index >= 15 is 0 Å². The Balaban J connectivity index is 1.90. The van der Waals surface area contributed by atoms with Gasteiger partial charge in [-0.05, 0) is 29.7 Å². The topological polar surface area (TPSA) is 58.6 Å². The molecule has 0 aliphatic rings. The predicted octanol–water partition coefficient (Wildman–Crippen LogP) is 5.41. The highest BCUT2D eigenvalue weighted by Gasteiger charge is 2.31. The number of unbranched alkanes of at least 4 members (excludes halogenated alkanes) is 1. The van der Waals surface area contributed by atoms with Crippen molar-refractivity contribution in [2.75, 3.05) is 13.2 Å². The maximum atomic E-state index is 13.5. The predicted molar refractivity (Wildman–Crippen MR) is 131 cm³/mol. The van der Waals surface area contributed by atoms with Gasteiger partial charge in [-0.15, -0.1) is 0 Å². The fourth-order valence-corrected chi connectivity index (χ4v) is 3.67. The summed E-state index contributed by atoms with van der Waals surface area (Å²) >= 11 is 6.18. The SMILES string of the molecule is CCCCNC(=O)C(c1ccccc1)N(Cc1ccccc1)C(=O)COc1ccccc1Cl. The number of carbonyl (C=O) groups is 2. The van der Waals surface area contributed by atoms with Crippen LogP contribution in [-0.4, -0.2) is 29.9 Å². The molecule has 0 heterocycles. The molecule has 0 saturated carbocycles. The van der Waals surface area contributed by atoms with Crippen molar-refractivity contribution in [1.29, 1.82) is 0 Å². The maximum absolute atomic E-state index is 13.5. The van der Waals surface area contributed by atoms with Gasteiger partial charge < -0.3 is 15.0 Å². The summed E-state index contributed by atoms with van der Waals surface area (Å²) in [5, 5.41) is 3.42. The first-order chi connectivity index (χ1) is 16.1. The number of rotatable bonds is 11. The van der Waals surface area contributed by atoms with Crippen molar-refractivity contribution in [2.24, 2.45) is 0 Å². The van der Waals surface area contributed by atoms with Gasteiger partial charge in [0.25, 0.3) is 5.91 Å². The summed E-state index contributed by atoms with van der Waals surface area (Å²) in [4.78, 5) is 28.3. The van der Waals surface area contributed by atoms with Crippen molar-refractivity contribution in [2.45, 2.75) is 32.4 Å². The van der Waals surface area contributed by atoms with Crippen LogP contribution in [-0.2, 0) is 16.1 Å². The Morgan fingerprint density at radius 3 is 2.24 bits per heavy atom. The Morgan fingerprint density at radius 2 is 1.58 bits per heavy atom. The third kappa shape index (κ3) is 7.09. The number of nitrogens with one attached hydrogen (secondary N) is 1. The van der Waals surface area contributed by atoms with Crippen LogP contribution in [0.4, 0.5) is 0 Å². The number of amides is 2. The Hall–Kier alpha value is -3.31. The number of nitrogens with zero attached hydrogens (tertiary/aromatic N) is 1. The number of carbonyl (C=O) groups excluding carboxylic acids is 2. The molecular formula is C27H29ClN2O3. The van der Waals surface area contributed by atoms with Crippen LogP contribution in [0.5, 0.6) is 5.75 Å². The molecule has 0 aliphatic heterocycles. The smallest absolute Gasteiger partial charge is 0.261 e. The Labute approximate surface area is 200 Å². The quantitative estimate of drug-likeness (QED) is 0.386. The fraction of sp³-hybridized carbons (Fsp3) is 0.259. The number of hydrogen-bond acceptors (Lipinski definition) is 3. The monoisotopic (exact) mass is 464 g/mol. The average Bonchev–Trinajstić information content (AvgIpc) is 2.84. The summed E-state index contributed by atoms with van der Waals surface area (Å²) in [5.74, 6) is -0.0919. The van der Waals surface area contributed by atoms with Gasteiger partial charge in [0.2, 0.25) is 5.91 Å². The highest BCUT2D eigenvalue weighted by Crippen LogP contribution is 2.26. The molecule has 1 atom stereocenters. The molecule has 0 bridgehead atoms. The molecule has 3 aromatic rings. The lowest BCUT2D eigenvalue weighted by molar-refractivity contribution is -0.143. The van der Waals surface area contributed by atoms with Gasteiger partial charge in [0, 0.05) is 13.1 Å². The molecule has 2 amide bonds. The molecule has 0 aromatic heterocycles. The Kier molecular flexibility index (Phi) is 9.33. The van der Waals surface area contributed by atoms with Crippen molar-refractivity contribution < 1.29 is 14.3 Å². The highest BCUT2D eigenvalue weighted by atomic mass is 35.5. The van der Waals surface area contributed by atoms with Crippen molar-refractivity contribution in [3.05, 3.63) is 101 Å². The molecular weight excluding hydrogens is 436 g/mol. The minimum Gasteiger partial charge on any atom is -0.482 e. The van der Waals surface area contributed by atoms with E-state index in [1.165, 1.54) is 0 Å². The second-order valence-corrected chi connectivity index (χ2v) is 8.09. The molecule has 0 aliphatic carbocycles. The van der Waals surface area contributed by atoms with Crippen LogP contribution < -0.4 is 10.1 Å². The normalized spacial score (nSPS) is 11.5. The summed E-state index contributed by atoms with van der Waals surface area (Å²) in [7, 11) is 0. The number of para-hydroxylation sites is 1. The Bertz CT molecular complexity index is 1030. The van der Waals surface area contributed by atoms with E-state index in [0.717, 1.165) is 24.0 Å². The van der Waals surface area contributed by atoms with Gasteiger partial charge in [-0.2, -0.15) is 0 Å². The molecule has 3 rings (SSSR count). The van der Waals surface area contributed by atoms with Crippen LogP contribution in [0, 0.1) is 0 Å². The van der Waals surface area contributed by atoms with E-state index in [-0.39, 0.29) is 25.0 Å². The molecule has 0 radical (unpaired) electrons. The molecule has 0 fully saturated rings. The average molecular weight is 465 g/mol. The molecule has 6 heteroatoms. The molecule has 1 N–H and O–H groups in total. The molecule has 172 valence electrons. The van der Waals surface area contributed by atoms with Crippen LogP contribution in [0.25, 0.3) is 0 Å². The van der Waals surface area contributed by atoms with Crippen molar-refractivity contribution >= 4 is 23.4 Å². The van der Waals surface area contributed by atoms with E-state index in [1.54, 1.807) is 29.2 Å². The third-order valence-electron chi connectivity index (χ3n) is 5.21. The maximum Gasteiger partial charge on any atom is 0.261 e. The first-order valence-corrected chi connectivity index (χ1v) is 11.5. The number of benzene rings is 3. The second-order valence-electron chi connectivity index (χ2n) is 7.68. The highest BCUT2D eigenvalue weighted by molar-refractivity contribution is 6.32. The van der Waals surface area contributed by atoms with Gasteiger partial charge in [0.1, 0.15) is 11.8 Å². The molecule has 1 unspecified atom stereocenters. The standard InChI is InChI=1S/C27H29ClN2O3/c1-2-3-18-29-27(32)26(22-14-8-5-9-15-22)30(19-21-12-6-4-7-13-21)25(31)20-33-24-17-11-10-16-23(24)28/h4-17,26H,2-3,18-20H2,1H3,(H,29,32). The van der Waals surface area contributed by atoms with Crippen LogP contribution >= 0.6 is 11.6 Å². The first kappa shape index (κ1) is 24.3. The summed E-state index contributed by atoms with van der Waals surface area (Å²) in [6, 6.07) is 25.2. The van der Waals surface area contributed by atoms with E-state index in [0.29, 0.717) is 17.3 Å². The van der Waals surface area contributed by atoms with E-state index in [1.807, 2.05) is 60.7 Å². The summed E-state index contributed by atoms with van der Waals surface area (Å²) in [5.41, 5.74) is 1.67. The van der Waals surface area contributed by atoms with Crippen LogP contribution in [0.1, 0.15) is 36.9 Å². The van der Waals surface area contributed by atoms with Crippen molar-refractivity contribution in [1.82, 2.24) is 10.2 Å². The largest absolute Gasteiger partial charge is 0.482 e. The zero-order valence-corrected chi connectivity index (χ0v) is 19.5. The molecule has 5 nitrogen and oxygen atoms in total. The van der Waals surface area contributed by atoms with E-state index < -0.39 is 6.04 Å². The van der Waals surface area contributed by atoms with Crippen LogP contribution in [0.15, 0.2) is 84.9 Å². The molecule has 33 heavy (non-hydrogen) atoms. The lowest BCUT2D eigenvalue weighted by Gasteiger charge is -2.31. The van der Waals surface area contributed by atoms with Crippen molar-refractivity contribution in [3.8, 4) is 5.75 Å². The zero-order chi connectivity index (χ0) is 23.5. The molecule has 0 spiro atoms. The lowest BCUT2D eigenvalue weighted by atomic mass is 10.0. The number of hydrogen-bond donors (Lipinski definition) is 1. The van der Waals surface area contributed by atoms with Crippen molar-refractivity contribution in [3.63, 3.8) is 0 Å². The first-order valence-electron chi connectivity index (χ1n) is 11.1. The van der Waals surface area contributed by atoms with Gasteiger partial charge in [-0.3, -0.25) is 9.59 Å². The lowest BCUT2D eigenvalue weighted by Crippen LogP contribution is -2.45. The van der Waals surface area contributed by atoms with Gasteiger partial charge in [-0.1, -0.05) is 97.7 Å². The minimum absolute atomic E-state index is 0.211. The summed E-state index contributed by atoms with van der Waals surface area (Å²) < 4.78 is 5.73. The summed E-state index contributed by atoms with van der Waals surface area (Å²) in [6.45, 7) is 2.66. The van der Waals surface area contributed by atoms with Gasteiger partial charge in [-0.25, -0.2) is 0 Å².